The van der Waals surface area contributed by atoms with Gasteiger partial charge < -0.3 is 16.0 Å². The third-order valence-electron chi connectivity index (χ3n) is 4.77. The highest BCUT2D eigenvalue weighted by Gasteiger charge is 2.25. The van der Waals surface area contributed by atoms with E-state index in [0.29, 0.717) is 12.4 Å². The quantitative estimate of drug-likeness (QED) is 0.480. The molecule has 0 aliphatic carbocycles. The number of hydrogen-bond donors (Lipinski definition) is 2. The molecule has 7 heteroatoms. The van der Waals surface area contributed by atoms with Gasteiger partial charge >= 0.3 is 0 Å². The molecule has 4 rings (SSSR count). The van der Waals surface area contributed by atoms with Gasteiger partial charge in [0.05, 0.1) is 9.61 Å². The van der Waals surface area contributed by atoms with Crippen LogP contribution in [0.25, 0.3) is 6.08 Å². The zero-order valence-corrected chi connectivity index (χ0v) is 18.1. The standard InChI is InChI=1S/C21H19ClIN5/c1-13(27-21-19(23)20(24)25-12-26-21)18-10-14-6-5-9-17(22)16(14)11-28(18)15-7-3-2-4-8-15/h2-10,12-13H,11H2,1H3,(H3,24,25,26,27)/t13-/m0/s1. The molecule has 1 aromatic heterocycles. The van der Waals surface area contributed by atoms with Crippen molar-refractivity contribution in [1.82, 2.24) is 9.97 Å². The number of nitrogens with two attached hydrogens (primary N) is 1. The van der Waals surface area contributed by atoms with E-state index in [1.54, 1.807) is 0 Å². The molecule has 0 saturated carbocycles. The Bertz CT molecular complexity index is 1040. The van der Waals surface area contributed by atoms with Crippen molar-refractivity contribution in [1.29, 1.82) is 0 Å². The summed E-state index contributed by atoms with van der Waals surface area (Å²) in [6, 6.07) is 16.3. The monoisotopic (exact) mass is 503 g/mol. The molecule has 142 valence electrons. The highest BCUT2D eigenvalue weighted by Crippen LogP contribution is 2.35. The van der Waals surface area contributed by atoms with E-state index < -0.39 is 0 Å². The summed E-state index contributed by atoms with van der Waals surface area (Å²) in [5.74, 6) is 1.20. The van der Waals surface area contributed by atoms with Crippen LogP contribution >= 0.6 is 34.2 Å². The number of anilines is 3. The molecule has 1 aliphatic heterocycles. The van der Waals surface area contributed by atoms with Gasteiger partial charge in [0.1, 0.15) is 18.0 Å². The fourth-order valence-corrected chi connectivity index (χ4v) is 4.01. The van der Waals surface area contributed by atoms with Crippen LogP contribution in [-0.4, -0.2) is 16.0 Å². The molecule has 0 spiro atoms. The summed E-state index contributed by atoms with van der Waals surface area (Å²) in [5, 5.41) is 4.27. The van der Waals surface area contributed by atoms with Gasteiger partial charge in [0.2, 0.25) is 0 Å². The maximum Gasteiger partial charge on any atom is 0.145 e. The molecule has 2 aromatic carbocycles. The van der Waals surface area contributed by atoms with Crippen molar-refractivity contribution in [3.05, 3.63) is 80.3 Å². The van der Waals surface area contributed by atoms with Gasteiger partial charge in [-0.15, -0.1) is 0 Å². The molecule has 0 saturated heterocycles. The molecule has 3 aromatic rings. The zero-order chi connectivity index (χ0) is 19.7. The van der Waals surface area contributed by atoms with Crippen LogP contribution in [0, 0.1) is 3.57 Å². The van der Waals surface area contributed by atoms with Crippen molar-refractivity contribution in [3.8, 4) is 0 Å². The maximum atomic E-state index is 6.49. The van der Waals surface area contributed by atoms with Crippen LogP contribution in [0.15, 0.2) is 60.6 Å². The van der Waals surface area contributed by atoms with E-state index in [0.717, 1.165) is 36.9 Å². The van der Waals surface area contributed by atoms with E-state index in [1.165, 1.54) is 6.33 Å². The summed E-state index contributed by atoms with van der Waals surface area (Å²) < 4.78 is 0.818. The number of halogens is 2. The number of aromatic nitrogens is 2. The van der Waals surface area contributed by atoms with Crippen molar-refractivity contribution in [3.63, 3.8) is 0 Å². The Labute approximate surface area is 182 Å². The predicted octanol–water partition coefficient (Wildman–Crippen LogP) is 5.18. The van der Waals surface area contributed by atoms with E-state index in [9.17, 15) is 0 Å². The van der Waals surface area contributed by atoms with Crippen molar-refractivity contribution in [2.24, 2.45) is 0 Å². The molecule has 1 aliphatic rings. The number of fused-ring (bicyclic) bond motifs is 1. The van der Waals surface area contributed by atoms with E-state index in [1.807, 2.05) is 30.3 Å². The number of hydrogen-bond acceptors (Lipinski definition) is 5. The second-order valence-corrected chi connectivity index (χ2v) is 8.07. The molecule has 0 amide bonds. The number of para-hydroxylation sites is 1. The minimum absolute atomic E-state index is 0.00449. The first-order valence-corrected chi connectivity index (χ1v) is 10.3. The summed E-state index contributed by atoms with van der Waals surface area (Å²) in [4.78, 5) is 10.7. The van der Waals surface area contributed by atoms with Gasteiger partial charge in [-0.2, -0.15) is 0 Å². The lowest BCUT2D eigenvalue weighted by molar-refractivity contribution is 0.795. The highest BCUT2D eigenvalue weighted by atomic mass is 127. The molecule has 1 atom stereocenters. The number of rotatable bonds is 4. The van der Waals surface area contributed by atoms with Crippen LogP contribution in [0.4, 0.5) is 17.3 Å². The third kappa shape index (κ3) is 3.66. The molecule has 28 heavy (non-hydrogen) atoms. The Morgan fingerprint density at radius 2 is 1.93 bits per heavy atom. The molecular weight excluding hydrogens is 485 g/mol. The number of nitrogen functional groups attached to an aromatic ring is 1. The molecular formula is C21H19ClIN5. The lowest BCUT2D eigenvalue weighted by atomic mass is 9.98. The average molecular weight is 504 g/mol. The molecule has 2 heterocycles. The van der Waals surface area contributed by atoms with Gasteiger partial charge in [-0.05, 0) is 64.9 Å². The highest BCUT2D eigenvalue weighted by molar-refractivity contribution is 14.1. The van der Waals surface area contributed by atoms with Gasteiger partial charge in [-0.1, -0.05) is 41.9 Å². The first-order chi connectivity index (χ1) is 13.5. The first-order valence-electron chi connectivity index (χ1n) is 8.88. The lowest BCUT2D eigenvalue weighted by Crippen LogP contribution is -2.35. The maximum absolute atomic E-state index is 6.49. The molecule has 5 nitrogen and oxygen atoms in total. The average Bonchev–Trinajstić information content (AvgIpc) is 2.71. The molecule has 0 bridgehead atoms. The van der Waals surface area contributed by atoms with Crippen LogP contribution < -0.4 is 16.0 Å². The van der Waals surface area contributed by atoms with E-state index >= 15 is 0 Å². The Balaban J connectivity index is 1.75. The van der Waals surface area contributed by atoms with Crippen molar-refractivity contribution >= 4 is 57.6 Å². The van der Waals surface area contributed by atoms with Gasteiger partial charge in [0.15, 0.2) is 0 Å². The Kier molecular flexibility index (Phi) is 5.41. The lowest BCUT2D eigenvalue weighted by Gasteiger charge is -2.36. The van der Waals surface area contributed by atoms with E-state index in [-0.39, 0.29) is 6.04 Å². The topological polar surface area (TPSA) is 67.1 Å². The third-order valence-corrected chi connectivity index (χ3v) is 6.19. The Morgan fingerprint density at radius 1 is 1.14 bits per heavy atom. The Morgan fingerprint density at radius 3 is 2.71 bits per heavy atom. The van der Waals surface area contributed by atoms with Crippen molar-refractivity contribution in [2.75, 3.05) is 16.0 Å². The fourth-order valence-electron chi connectivity index (χ4n) is 3.33. The normalized spacial score (nSPS) is 14.2. The largest absolute Gasteiger partial charge is 0.383 e. The predicted molar refractivity (Wildman–Crippen MR) is 124 cm³/mol. The smallest absolute Gasteiger partial charge is 0.145 e. The van der Waals surface area contributed by atoms with Gasteiger partial charge in [-0.3, -0.25) is 0 Å². The fraction of sp³-hybridized carbons (Fsp3) is 0.143. The first kappa shape index (κ1) is 19.0. The summed E-state index contributed by atoms with van der Waals surface area (Å²) in [6.45, 7) is 2.82. The van der Waals surface area contributed by atoms with E-state index in [4.69, 9.17) is 17.3 Å². The number of benzene rings is 2. The van der Waals surface area contributed by atoms with Crippen LogP contribution in [0.5, 0.6) is 0 Å². The number of nitrogens with zero attached hydrogens (tertiary/aromatic N) is 3. The minimum Gasteiger partial charge on any atom is -0.383 e. The van der Waals surface area contributed by atoms with Crippen LogP contribution in [0.2, 0.25) is 5.02 Å². The van der Waals surface area contributed by atoms with E-state index in [2.05, 4.69) is 74.0 Å². The van der Waals surface area contributed by atoms with Crippen LogP contribution in [0.3, 0.4) is 0 Å². The summed E-state index contributed by atoms with van der Waals surface area (Å²) in [7, 11) is 0. The molecule has 3 N–H and O–H groups in total. The van der Waals surface area contributed by atoms with Crippen molar-refractivity contribution in [2.45, 2.75) is 19.5 Å². The Hall–Kier alpha value is -2.32. The number of nitrogens with one attached hydrogen (secondary N) is 1. The van der Waals surface area contributed by atoms with Gasteiger partial charge in [-0.25, -0.2) is 9.97 Å². The summed E-state index contributed by atoms with van der Waals surface area (Å²) in [6.07, 6.45) is 3.67. The zero-order valence-electron chi connectivity index (χ0n) is 15.2. The minimum atomic E-state index is -0.00449. The summed E-state index contributed by atoms with van der Waals surface area (Å²) >= 11 is 8.65. The van der Waals surface area contributed by atoms with Crippen LogP contribution in [-0.2, 0) is 6.54 Å². The second kappa shape index (κ2) is 7.97. The molecule has 0 radical (unpaired) electrons. The second-order valence-electron chi connectivity index (χ2n) is 6.59. The SMILES string of the molecule is C[C@H](Nc1ncnc(N)c1I)C1=Cc2cccc(Cl)c2CN1c1ccccc1. The van der Waals surface area contributed by atoms with Gasteiger partial charge in [0.25, 0.3) is 0 Å². The van der Waals surface area contributed by atoms with Crippen LogP contribution in [0.1, 0.15) is 18.1 Å². The molecule has 0 fully saturated rings. The summed E-state index contributed by atoms with van der Waals surface area (Å²) in [5.41, 5.74) is 10.5. The van der Waals surface area contributed by atoms with Gasteiger partial charge in [0, 0.05) is 23.0 Å². The van der Waals surface area contributed by atoms with Crippen molar-refractivity contribution < 1.29 is 0 Å². The molecule has 0 unspecified atom stereocenters.